The van der Waals surface area contributed by atoms with Gasteiger partial charge in [-0.1, -0.05) is 18.2 Å². The highest BCUT2D eigenvalue weighted by molar-refractivity contribution is 7.21. The lowest BCUT2D eigenvalue weighted by molar-refractivity contribution is 0.107. The topological polar surface area (TPSA) is 40.9 Å². The van der Waals surface area contributed by atoms with Gasteiger partial charge in [-0.3, -0.25) is 4.79 Å². The van der Waals surface area contributed by atoms with Gasteiger partial charge in [-0.05, 0) is 17.5 Å². The molecule has 3 heteroatoms. The lowest BCUT2D eigenvalue weighted by Gasteiger charge is -1.82. The largest absolute Gasteiger partial charge is 0.305 e. The number of carbonyl (C=O) groups excluding carboxylic acids is 1. The molecular formula is C10H7NOS. The maximum atomic E-state index is 11.2. The van der Waals surface area contributed by atoms with Crippen LogP contribution in [0.15, 0.2) is 30.3 Å². The lowest BCUT2D eigenvalue weighted by Crippen LogP contribution is -1.93. The summed E-state index contributed by atoms with van der Waals surface area (Å²) in [7, 11) is 0. The van der Waals surface area contributed by atoms with Crippen LogP contribution in [-0.2, 0) is 0 Å². The van der Waals surface area contributed by atoms with Crippen molar-refractivity contribution < 1.29 is 4.79 Å². The van der Waals surface area contributed by atoms with Gasteiger partial charge in [0.25, 0.3) is 0 Å². The number of ketones is 1. The summed E-state index contributed by atoms with van der Waals surface area (Å²) < 4.78 is 1.09. The van der Waals surface area contributed by atoms with E-state index in [1.807, 2.05) is 30.3 Å². The van der Waals surface area contributed by atoms with Crippen molar-refractivity contribution in [2.24, 2.45) is 0 Å². The standard InChI is InChI=1S/C10H7NOS/c11-6-8(12)10-5-7-3-1-2-4-9(7)13-10/h1-6,11H. The van der Waals surface area contributed by atoms with Gasteiger partial charge in [0.15, 0.2) is 0 Å². The molecule has 0 fully saturated rings. The summed E-state index contributed by atoms with van der Waals surface area (Å²) in [5.74, 6) is -0.221. The fourth-order valence-corrected chi connectivity index (χ4v) is 2.15. The number of rotatable bonds is 2. The number of thiophene rings is 1. The highest BCUT2D eigenvalue weighted by Gasteiger charge is 2.06. The van der Waals surface area contributed by atoms with E-state index in [1.165, 1.54) is 11.3 Å². The zero-order valence-electron chi connectivity index (χ0n) is 6.78. The van der Waals surface area contributed by atoms with Crippen molar-refractivity contribution in [2.75, 3.05) is 0 Å². The summed E-state index contributed by atoms with van der Waals surface area (Å²) in [6.45, 7) is 0. The molecule has 1 aromatic carbocycles. The Morgan fingerprint density at radius 3 is 2.85 bits per heavy atom. The van der Waals surface area contributed by atoms with Crippen LogP contribution in [0, 0.1) is 5.41 Å². The second-order valence-electron chi connectivity index (χ2n) is 2.66. The van der Waals surface area contributed by atoms with Crippen LogP contribution in [0.2, 0.25) is 0 Å². The first-order valence-electron chi connectivity index (χ1n) is 3.84. The van der Waals surface area contributed by atoms with Gasteiger partial charge >= 0.3 is 0 Å². The van der Waals surface area contributed by atoms with E-state index >= 15 is 0 Å². The molecule has 2 aromatic rings. The van der Waals surface area contributed by atoms with Crippen LogP contribution in [0.25, 0.3) is 10.1 Å². The summed E-state index contributed by atoms with van der Waals surface area (Å²) in [4.78, 5) is 11.8. The number of hydrogen-bond donors (Lipinski definition) is 1. The summed E-state index contributed by atoms with van der Waals surface area (Å²) in [6.07, 6.45) is 0.852. The lowest BCUT2D eigenvalue weighted by atomic mass is 10.2. The molecule has 0 spiro atoms. The smallest absolute Gasteiger partial charge is 0.213 e. The fraction of sp³-hybridized carbons (Fsp3) is 0. The number of nitrogens with one attached hydrogen (secondary N) is 1. The van der Waals surface area contributed by atoms with E-state index in [9.17, 15) is 4.79 Å². The predicted molar refractivity (Wildman–Crippen MR) is 54.9 cm³/mol. The van der Waals surface area contributed by atoms with E-state index in [-0.39, 0.29) is 5.78 Å². The minimum absolute atomic E-state index is 0.221. The maximum Gasteiger partial charge on any atom is 0.213 e. The van der Waals surface area contributed by atoms with Crippen molar-refractivity contribution in [1.82, 2.24) is 0 Å². The maximum absolute atomic E-state index is 11.2. The molecule has 1 aromatic heterocycles. The summed E-state index contributed by atoms with van der Waals surface area (Å²) in [6, 6.07) is 9.64. The molecule has 0 saturated heterocycles. The van der Waals surface area contributed by atoms with Gasteiger partial charge in [-0.25, -0.2) is 0 Å². The Morgan fingerprint density at radius 2 is 2.15 bits per heavy atom. The van der Waals surface area contributed by atoms with Crippen LogP contribution >= 0.6 is 11.3 Å². The SMILES string of the molecule is N=CC(=O)c1cc2ccccc2s1. The minimum Gasteiger partial charge on any atom is -0.305 e. The first kappa shape index (κ1) is 8.13. The molecule has 0 aliphatic rings. The van der Waals surface area contributed by atoms with E-state index in [2.05, 4.69) is 0 Å². The Balaban J connectivity index is 2.62. The third kappa shape index (κ3) is 1.38. The predicted octanol–water partition coefficient (Wildman–Crippen LogP) is 2.73. The Hall–Kier alpha value is -1.48. The zero-order valence-corrected chi connectivity index (χ0v) is 7.60. The molecular weight excluding hydrogens is 182 g/mol. The molecule has 0 atom stereocenters. The monoisotopic (exact) mass is 189 g/mol. The van der Waals surface area contributed by atoms with E-state index in [4.69, 9.17) is 5.41 Å². The number of hydrogen-bond acceptors (Lipinski definition) is 3. The summed E-state index contributed by atoms with van der Waals surface area (Å²) in [5, 5.41) is 7.92. The van der Waals surface area contributed by atoms with Crippen LogP contribution in [-0.4, -0.2) is 12.0 Å². The van der Waals surface area contributed by atoms with Crippen LogP contribution in [0.3, 0.4) is 0 Å². The normalized spacial score (nSPS) is 10.2. The first-order valence-corrected chi connectivity index (χ1v) is 4.66. The van der Waals surface area contributed by atoms with Crippen LogP contribution in [0.1, 0.15) is 9.67 Å². The Morgan fingerprint density at radius 1 is 1.38 bits per heavy atom. The van der Waals surface area contributed by atoms with E-state index in [0.717, 1.165) is 16.3 Å². The molecule has 2 rings (SSSR count). The molecule has 64 valence electrons. The van der Waals surface area contributed by atoms with Gasteiger partial charge in [0, 0.05) is 4.70 Å². The third-order valence-corrected chi connectivity index (χ3v) is 2.93. The molecule has 0 radical (unpaired) electrons. The number of benzene rings is 1. The number of Topliss-reactive ketones (excluding diaryl/α,β-unsaturated/α-hetero) is 1. The van der Waals surface area contributed by atoms with Crippen LogP contribution in [0.4, 0.5) is 0 Å². The average molecular weight is 189 g/mol. The molecule has 0 aliphatic heterocycles. The molecule has 13 heavy (non-hydrogen) atoms. The second-order valence-corrected chi connectivity index (χ2v) is 3.74. The minimum atomic E-state index is -0.221. The first-order chi connectivity index (χ1) is 6.31. The Kier molecular flexibility index (Phi) is 1.94. The molecule has 0 aliphatic carbocycles. The molecule has 1 N–H and O–H groups in total. The third-order valence-electron chi connectivity index (χ3n) is 1.80. The fourth-order valence-electron chi connectivity index (χ4n) is 1.17. The average Bonchev–Trinajstić information content (AvgIpc) is 2.59. The molecule has 1 heterocycles. The highest BCUT2D eigenvalue weighted by atomic mass is 32.1. The number of carbonyl (C=O) groups is 1. The highest BCUT2D eigenvalue weighted by Crippen LogP contribution is 2.24. The van der Waals surface area contributed by atoms with Gasteiger partial charge in [0.1, 0.15) is 0 Å². The Labute approximate surface area is 79.3 Å². The van der Waals surface area contributed by atoms with Gasteiger partial charge in [-0.15, -0.1) is 11.3 Å². The molecule has 0 bridgehead atoms. The molecule has 0 amide bonds. The second kappa shape index (κ2) is 3.11. The van der Waals surface area contributed by atoms with Crippen molar-refractivity contribution in [3.8, 4) is 0 Å². The summed E-state index contributed by atoms with van der Waals surface area (Å²) >= 11 is 1.43. The Bertz CT molecular complexity index is 439. The van der Waals surface area contributed by atoms with Gasteiger partial charge in [0.05, 0.1) is 11.1 Å². The quantitative estimate of drug-likeness (QED) is 0.572. The van der Waals surface area contributed by atoms with Gasteiger partial charge in [-0.2, -0.15) is 0 Å². The van der Waals surface area contributed by atoms with Crippen molar-refractivity contribution in [3.05, 3.63) is 35.2 Å². The molecule has 2 nitrogen and oxygen atoms in total. The van der Waals surface area contributed by atoms with Crippen molar-refractivity contribution in [1.29, 1.82) is 5.41 Å². The van der Waals surface area contributed by atoms with Gasteiger partial charge < -0.3 is 5.41 Å². The number of fused-ring (bicyclic) bond motifs is 1. The van der Waals surface area contributed by atoms with E-state index in [1.54, 1.807) is 0 Å². The van der Waals surface area contributed by atoms with Crippen LogP contribution in [0.5, 0.6) is 0 Å². The van der Waals surface area contributed by atoms with Crippen LogP contribution < -0.4 is 0 Å². The van der Waals surface area contributed by atoms with E-state index < -0.39 is 0 Å². The summed E-state index contributed by atoms with van der Waals surface area (Å²) in [5.41, 5.74) is 0. The molecule has 0 unspecified atom stereocenters. The van der Waals surface area contributed by atoms with Crippen molar-refractivity contribution in [3.63, 3.8) is 0 Å². The molecule has 0 saturated carbocycles. The van der Waals surface area contributed by atoms with Gasteiger partial charge in [0.2, 0.25) is 5.78 Å². The van der Waals surface area contributed by atoms with Crippen molar-refractivity contribution in [2.45, 2.75) is 0 Å². The van der Waals surface area contributed by atoms with Crippen molar-refractivity contribution >= 4 is 33.4 Å². The zero-order chi connectivity index (χ0) is 9.26. The van der Waals surface area contributed by atoms with E-state index in [0.29, 0.717) is 4.88 Å².